The maximum absolute atomic E-state index is 11.8. The number of carbonyl (C=O) groups excluding carboxylic acids is 1. The van der Waals surface area contributed by atoms with Crippen molar-refractivity contribution in [2.75, 3.05) is 0 Å². The van der Waals surface area contributed by atoms with Gasteiger partial charge in [-0.3, -0.25) is 4.79 Å². The highest BCUT2D eigenvalue weighted by Gasteiger charge is 2.15. The van der Waals surface area contributed by atoms with Gasteiger partial charge in [-0.05, 0) is 18.9 Å². The minimum absolute atomic E-state index is 0.0105. The van der Waals surface area contributed by atoms with Gasteiger partial charge in [-0.15, -0.1) is 0 Å². The highest BCUT2D eigenvalue weighted by Crippen LogP contribution is 2.11. The van der Waals surface area contributed by atoms with Gasteiger partial charge in [-0.2, -0.15) is 0 Å². The van der Waals surface area contributed by atoms with Crippen LogP contribution in [-0.4, -0.2) is 11.9 Å². The molecule has 0 spiro atoms. The summed E-state index contributed by atoms with van der Waals surface area (Å²) in [6.45, 7) is 4.07. The van der Waals surface area contributed by atoms with Crippen LogP contribution >= 0.6 is 0 Å². The summed E-state index contributed by atoms with van der Waals surface area (Å²) in [6, 6.07) is 9.53. The van der Waals surface area contributed by atoms with E-state index in [1.54, 1.807) is 0 Å². The first-order chi connectivity index (χ1) is 8.15. The molecule has 94 valence electrons. The van der Waals surface area contributed by atoms with Crippen LogP contribution in [0.5, 0.6) is 0 Å². The topological polar surface area (TPSA) is 55.1 Å². The molecule has 1 amide bonds. The molecular weight excluding hydrogens is 212 g/mol. The van der Waals surface area contributed by atoms with Crippen LogP contribution in [0.25, 0.3) is 0 Å². The number of unbranched alkanes of at least 4 members (excludes halogenated alkanes) is 1. The standard InChI is InChI=1S/C14H22N2O/c1-3-4-10-13(15)14(17)16-11(2)12-8-6-5-7-9-12/h5-9,11,13H,3-4,10,15H2,1-2H3,(H,16,17)/t11-,13-/m0/s1. The zero-order valence-corrected chi connectivity index (χ0v) is 10.6. The lowest BCUT2D eigenvalue weighted by Gasteiger charge is -2.17. The smallest absolute Gasteiger partial charge is 0.237 e. The Hall–Kier alpha value is -1.35. The molecular formula is C14H22N2O. The number of rotatable bonds is 6. The lowest BCUT2D eigenvalue weighted by molar-refractivity contribution is -0.123. The van der Waals surface area contributed by atoms with E-state index in [9.17, 15) is 4.79 Å². The summed E-state index contributed by atoms with van der Waals surface area (Å²) >= 11 is 0. The highest BCUT2D eigenvalue weighted by atomic mass is 16.2. The Morgan fingerprint density at radius 3 is 2.59 bits per heavy atom. The molecule has 2 atom stereocenters. The molecule has 0 fully saturated rings. The minimum Gasteiger partial charge on any atom is -0.348 e. The fraction of sp³-hybridized carbons (Fsp3) is 0.500. The van der Waals surface area contributed by atoms with E-state index in [0.29, 0.717) is 0 Å². The van der Waals surface area contributed by atoms with Gasteiger partial charge in [0.25, 0.3) is 0 Å². The molecule has 3 N–H and O–H groups in total. The van der Waals surface area contributed by atoms with Crippen molar-refractivity contribution in [2.24, 2.45) is 5.73 Å². The molecule has 0 unspecified atom stereocenters. The molecule has 3 heteroatoms. The minimum atomic E-state index is -0.388. The average molecular weight is 234 g/mol. The van der Waals surface area contributed by atoms with Crippen LogP contribution in [0.2, 0.25) is 0 Å². The van der Waals surface area contributed by atoms with Gasteiger partial charge in [0.15, 0.2) is 0 Å². The quantitative estimate of drug-likeness (QED) is 0.794. The lowest BCUT2D eigenvalue weighted by Crippen LogP contribution is -2.41. The third kappa shape index (κ3) is 4.57. The largest absolute Gasteiger partial charge is 0.348 e. The number of carbonyl (C=O) groups is 1. The molecule has 1 aromatic rings. The van der Waals surface area contributed by atoms with Gasteiger partial charge in [-0.25, -0.2) is 0 Å². The van der Waals surface area contributed by atoms with Crippen LogP contribution in [0.15, 0.2) is 30.3 Å². The molecule has 0 heterocycles. The van der Waals surface area contributed by atoms with Gasteiger partial charge >= 0.3 is 0 Å². The van der Waals surface area contributed by atoms with Crippen LogP contribution in [0.3, 0.4) is 0 Å². The van der Waals surface area contributed by atoms with E-state index in [2.05, 4.69) is 12.2 Å². The lowest BCUT2D eigenvalue weighted by atomic mass is 10.1. The third-order valence-electron chi connectivity index (χ3n) is 2.86. The molecule has 0 aliphatic carbocycles. The zero-order valence-electron chi connectivity index (χ0n) is 10.6. The van der Waals surface area contributed by atoms with E-state index in [1.807, 2.05) is 37.3 Å². The monoisotopic (exact) mass is 234 g/mol. The Morgan fingerprint density at radius 2 is 2.00 bits per heavy atom. The van der Waals surface area contributed by atoms with Crippen molar-refractivity contribution < 1.29 is 4.79 Å². The van der Waals surface area contributed by atoms with Crippen molar-refractivity contribution in [3.05, 3.63) is 35.9 Å². The van der Waals surface area contributed by atoms with E-state index in [1.165, 1.54) is 0 Å². The zero-order chi connectivity index (χ0) is 12.7. The fourth-order valence-electron chi connectivity index (χ4n) is 1.70. The van der Waals surface area contributed by atoms with Gasteiger partial charge < -0.3 is 11.1 Å². The second-order valence-corrected chi connectivity index (χ2v) is 4.39. The molecule has 1 rings (SSSR count). The van der Waals surface area contributed by atoms with Crippen molar-refractivity contribution in [2.45, 2.75) is 45.2 Å². The van der Waals surface area contributed by atoms with Gasteiger partial charge in [-0.1, -0.05) is 50.1 Å². The van der Waals surface area contributed by atoms with Crippen LogP contribution in [0.4, 0.5) is 0 Å². The Kier molecular flexibility index (Phi) is 5.70. The molecule has 0 aliphatic rings. The second-order valence-electron chi connectivity index (χ2n) is 4.39. The first-order valence-corrected chi connectivity index (χ1v) is 6.26. The van der Waals surface area contributed by atoms with E-state index in [0.717, 1.165) is 24.8 Å². The number of benzene rings is 1. The molecule has 0 radical (unpaired) electrons. The average Bonchev–Trinajstić information content (AvgIpc) is 2.36. The van der Waals surface area contributed by atoms with Crippen molar-refractivity contribution >= 4 is 5.91 Å². The molecule has 0 aromatic heterocycles. The maximum Gasteiger partial charge on any atom is 0.237 e. The van der Waals surface area contributed by atoms with Crippen LogP contribution in [-0.2, 0) is 4.79 Å². The van der Waals surface area contributed by atoms with Crippen molar-refractivity contribution in [1.29, 1.82) is 0 Å². The van der Waals surface area contributed by atoms with E-state index < -0.39 is 0 Å². The molecule has 17 heavy (non-hydrogen) atoms. The van der Waals surface area contributed by atoms with Crippen molar-refractivity contribution in [3.63, 3.8) is 0 Å². The number of hydrogen-bond acceptors (Lipinski definition) is 2. The molecule has 3 nitrogen and oxygen atoms in total. The van der Waals surface area contributed by atoms with Crippen molar-refractivity contribution in [3.8, 4) is 0 Å². The molecule has 1 aromatic carbocycles. The van der Waals surface area contributed by atoms with E-state index in [4.69, 9.17) is 5.73 Å². The summed E-state index contributed by atoms with van der Waals surface area (Å²) < 4.78 is 0. The normalized spacial score (nSPS) is 14.1. The summed E-state index contributed by atoms with van der Waals surface area (Å²) in [6.07, 6.45) is 2.81. The van der Waals surface area contributed by atoms with Crippen LogP contribution < -0.4 is 11.1 Å². The van der Waals surface area contributed by atoms with Gasteiger partial charge in [0.1, 0.15) is 0 Å². The summed E-state index contributed by atoms with van der Waals surface area (Å²) in [5.74, 6) is -0.0604. The number of nitrogens with two attached hydrogens (primary N) is 1. The number of nitrogens with one attached hydrogen (secondary N) is 1. The first-order valence-electron chi connectivity index (χ1n) is 6.26. The summed E-state index contributed by atoms with van der Waals surface area (Å²) in [5.41, 5.74) is 6.92. The van der Waals surface area contributed by atoms with Crippen molar-refractivity contribution in [1.82, 2.24) is 5.32 Å². The van der Waals surface area contributed by atoms with Gasteiger partial charge in [0, 0.05) is 0 Å². The van der Waals surface area contributed by atoms with E-state index in [-0.39, 0.29) is 18.0 Å². The predicted molar refractivity (Wildman–Crippen MR) is 70.5 cm³/mol. The van der Waals surface area contributed by atoms with Gasteiger partial charge in [0.2, 0.25) is 5.91 Å². The molecule has 0 aliphatic heterocycles. The SMILES string of the molecule is CCCC[C@H](N)C(=O)N[C@@H](C)c1ccccc1. The Morgan fingerprint density at radius 1 is 1.35 bits per heavy atom. The Labute approximate surface area is 103 Å². The third-order valence-corrected chi connectivity index (χ3v) is 2.86. The maximum atomic E-state index is 11.8. The predicted octanol–water partition coefficient (Wildman–Crippen LogP) is 2.38. The number of amides is 1. The fourth-order valence-corrected chi connectivity index (χ4v) is 1.70. The molecule has 0 saturated carbocycles. The highest BCUT2D eigenvalue weighted by molar-refractivity contribution is 5.81. The second kappa shape index (κ2) is 7.07. The van der Waals surface area contributed by atoms with Gasteiger partial charge in [0.05, 0.1) is 12.1 Å². The summed E-state index contributed by atoms with van der Waals surface area (Å²) in [7, 11) is 0. The molecule has 0 bridgehead atoms. The Bertz CT molecular complexity index is 337. The van der Waals surface area contributed by atoms with Crippen LogP contribution in [0.1, 0.15) is 44.7 Å². The Balaban J connectivity index is 2.46. The first kappa shape index (κ1) is 13.7. The molecule has 0 saturated heterocycles. The van der Waals surface area contributed by atoms with Crippen LogP contribution in [0, 0.1) is 0 Å². The summed E-state index contributed by atoms with van der Waals surface area (Å²) in [4.78, 5) is 11.8. The number of hydrogen-bond donors (Lipinski definition) is 2. The van der Waals surface area contributed by atoms with E-state index >= 15 is 0 Å². The summed E-state index contributed by atoms with van der Waals surface area (Å²) in [5, 5.41) is 2.94.